The van der Waals surface area contributed by atoms with Gasteiger partial charge < -0.3 is 4.90 Å². The van der Waals surface area contributed by atoms with Crippen LogP contribution in [0.1, 0.15) is 22.5 Å². The van der Waals surface area contributed by atoms with Crippen LogP contribution >= 0.6 is 0 Å². The van der Waals surface area contributed by atoms with E-state index in [4.69, 9.17) is 5.26 Å². The van der Waals surface area contributed by atoms with Gasteiger partial charge in [-0.3, -0.25) is 4.68 Å². The molecular formula is C16H20N4. The van der Waals surface area contributed by atoms with E-state index in [0.717, 1.165) is 36.5 Å². The highest BCUT2D eigenvalue weighted by Gasteiger charge is 2.06. The van der Waals surface area contributed by atoms with Crippen molar-refractivity contribution in [2.24, 2.45) is 0 Å². The van der Waals surface area contributed by atoms with Gasteiger partial charge in [0.15, 0.2) is 0 Å². The van der Waals surface area contributed by atoms with E-state index in [2.05, 4.69) is 36.1 Å². The van der Waals surface area contributed by atoms with Gasteiger partial charge in [0.05, 0.1) is 23.9 Å². The molecule has 0 aliphatic carbocycles. The zero-order chi connectivity index (χ0) is 14.5. The van der Waals surface area contributed by atoms with Gasteiger partial charge in [-0.25, -0.2) is 0 Å². The van der Waals surface area contributed by atoms with Gasteiger partial charge in [-0.15, -0.1) is 0 Å². The van der Waals surface area contributed by atoms with Gasteiger partial charge in [0, 0.05) is 18.8 Å². The second-order valence-electron chi connectivity index (χ2n) is 5.16. The van der Waals surface area contributed by atoms with Gasteiger partial charge in [-0.2, -0.15) is 10.4 Å². The minimum Gasteiger partial charge on any atom is -0.300 e. The van der Waals surface area contributed by atoms with E-state index in [-0.39, 0.29) is 0 Å². The second kappa shape index (κ2) is 6.36. The fourth-order valence-corrected chi connectivity index (χ4v) is 2.30. The first-order valence-electron chi connectivity index (χ1n) is 6.77. The Morgan fingerprint density at radius 2 is 2.05 bits per heavy atom. The molecular weight excluding hydrogens is 248 g/mol. The van der Waals surface area contributed by atoms with Crippen LogP contribution in [0, 0.1) is 25.2 Å². The molecule has 0 bridgehead atoms. The molecule has 1 aromatic carbocycles. The standard InChI is InChI=1S/C16H20N4/c1-13-10-14(2)20(18-13)9-8-19(3)12-16-7-5-4-6-15(16)11-17/h4-7,10H,8-9,12H2,1-3H3. The molecule has 4 nitrogen and oxygen atoms in total. The SMILES string of the molecule is Cc1cc(C)n(CCN(C)Cc2ccccc2C#N)n1. The summed E-state index contributed by atoms with van der Waals surface area (Å²) >= 11 is 0. The van der Waals surface area contributed by atoms with E-state index in [1.54, 1.807) is 0 Å². The third kappa shape index (κ3) is 3.46. The molecule has 0 amide bonds. The average molecular weight is 268 g/mol. The number of hydrogen-bond donors (Lipinski definition) is 0. The van der Waals surface area contributed by atoms with Crippen molar-refractivity contribution in [2.75, 3.05) is 13.6 Å². The Morgan fingerprint density at radius 1 is 1.30 bits per heavy atom. The van der Waals surface area contributed by atoms with Gasteiger partial charge in [0.1, 0.15) is 0 Å². The van der Waals surface area contributed by atoms with Crippen molar-refractivity contribution >= 4 is 0 Å². The maximum Gasteiger partial charge on any atom is 0.0995 e. The molecule has 0 aliphatic rings. The van der Waals surface area contributed by atoms with Crippen molar-refractivity contribution in [1.82, 2.24) is 14.7 Å². The molecule has 4 heteroatoms. The monoisotopic (exact) mass is 268 g/mol. The third-order valence-corrected chi connectivity index (χ3v) is 3.37. The summed E-state index contributed by atoms with van der Waals surface area (Å²) in [5, 5.41) is 13.6. The minimum atomic E-state index is 0.755. The summed E-state index contributed by atoms with van der Waals surface area (Å²) in [5.74, 6) is 0. The van der Waals surface area contributed by atoms with E-state index < -0.39 is 0 Å². The summed E-state index contributed by atoms with van der Waals surface area (Å²) in [4.78, 5) is 2.21. The van der Waals surface area contributed by atoms with Gasteiger partial charge in [0.2, 0.25) is 0 Å². The van der Waals surface area contributed by atoms with Gasteiger partial charge >= 0.3 is 0 Å². The van der Waals surface area contributed by atoms with Crippen LogP contribution in [-0.4, -0.2) is 28.3 Å². The Labute approximate surface area is 120 Å². The Balaban J connectivity index is 1.94. The Bertz CT molecular complexity index is 622. The normalized spacial score (nSPS) is 10.8. The lowest BCUT2D eigenvalue weighted by molar-refractivity contribution is 0.303. The molecule has 2 rings (SSSR count). The lowest BCUT2D eigenvalue weighted by Gasteiger charge is -2.17. The summed E-state index contributed by atoms with van der Waals surface area (Å²) in [6, 6.07) is 12.1. The molecule has 0 N–H and O–H groups in total. The number of benzene rings is 1. The fraction of sp³-hybridized carbons (Fsp3) is 0.375. The van der Waals surface area contributed by atoms with Gasteiger partial charge in [-0.1, -0.05) is 18.2 Å². The van der Waals surface area contributed by atoms with E-state index in [9.17, 15) is 0 Å². The highest BCUT2D eigenvalue weighted by molar-refractivity contribution is 5.37. The number of nitrogens with zero attached hydrogens (tertiary/aromatic N) is 4. The number of likely N-dealkylation sites (N-methyl/N-ethyl adjacent to an activating group) is 1. The fourth-order valence-electron chi connectivity index (χ4n) is 2.30. The first kappa shape index (κ1) is 14.3. The van der Waals surface area contributed by atoms with Crippen LogP contribution in [0.25, 0.3) is 0 Å². The van der Waals surface area contributed by atoms with Crippen LogP contribution in [-0.2, 0) is 13.1 Å². The quantitative estimate of drug-likeness (QED) is 0.837. The smallest absolute Gasteiger partial charge is 0.0995 e. The first-order chi connectivity index (χ1) is 9.60. The largest absolute Gasteiger partial charge is 0.300 e. The molecule has 1 aromatic heterocycles. The van der Waals surface area contributed by atoms with Gasteiger partial charge in [0.25, 0.3) is 0 Å². The number of hydrogen-bond acceptors (Lipinski definition) is 3. The summed E-state index contributed by atoms with van der Waals surface area (Å²) in [7, 11) is 2.07. The molecule has 0 radical (unpaired) electrons. The average Bonchev–Trinajstić information content (AvgIpc) is 2.75. The summed E-state index contributed by atoms with van der Waals surface area (Å²) in [5.41, 5.74) is 4.07. The zero-order valence-corrected chi connectivity index (χ0v) is 12.3. The topological polar surface area (TPSA) is 44.9 Å². The first-order valence-corrected chi connectivity index (χ1v) is 6.77. The van der Waals surface area contributed by atoms with Crippen molar-refractivity contribution in [1.29, 1.82) is 5.26 Å². The Hall–Kier alpha value is -2.12. The molecule has 0 saturated heterocycles. The molecule has 104 valence electrons. The number of aromatic nitrogens is 2. The van der Waals surface area contributed by atoms with Crippen molar-refractivity contribution in [3.63, 3.8) is 0 Å². The Kier molecular flexibility index (Phi) is 4.54. The minimum absolute atomic E-state index is 0.755. The summed E-state index contributed by atoms with van der Waals surface area (Å²) in [6.45, 7) is 6.64. The molecule has 0 aliphatic heterocycles. The molecule has 0 fully saturated rings. The summed E-state index contributed by atoms with van der Waals surface area (Å²) in [6.07, 6.45) is 0. The maximum absolute atomic E-state index is 9.10. The van der Waals surface area contributed by atoms with E-state index in [1.165, 1.54) is 5.69 Å². The molecule has 0 unspecified atom stereocenters. The molecule has 0 atom stereocenters. The Morgan fingerprint density at radius 3 is 2.70 bits per heavy atom. The molecule has 1 heterocycles. The lowest BCUT2D eigenvalue weighted by Crippen LogP contribution is -2.24. The highest BCUT2D eigenvalue weighted by Crippen LogP contribution is 2.10. The van der Waals surface area contributed by atoms with Crippen molar-refractivity contribution in [3.05, 3.63) is 52.8 Å². The van der Waals surface area contributed by atoms with Crippen LogP contribution in [0.4, 0.5) is 0 Å². The highest BCUT2D eigenvalue weighted by atomic mass is 15.3. The predicted molar refractivity (Wildman–Crippen MR) is 79.2 cm³/mol. The van der Waals surface area contributed by atoms with Crippen LogP contribution in [0.5, 0.6) is 0 Å². The zero-order valence-electron chi connectivity index (χ0n) is 12.3. The van der Waals surface area contributed by atoms with Crippen LogP contribution in [0.2, 0.25) is 0 Å². The molecule has 2 aromatic rings. The van der Waals surface area contributed by atoms with E-state index in [1.807, 2.05) is 35.9 Å². The van der Waals surface area contributed by atoms with E-state index in [0.29, 0.717) is 0 Å². The molecule has 0 saturated carbocycles. The van der Waals surface area contributed by atoms with Crippen LogP contribution < -0.4 is 0 Å². The van der Waals surface area contributed by atoms with Gasteiger partial charge in [-0.05, 0) is 38.6 Å². The number of aryl methyl sites for hydroxylation is 2. The van der Waals surface area contributed by atoms with Crippen LogP contribution in [0.3, 0.4) is 0 Å². The predicted octanol–water partition coefficient (Wildman–Crippen LogP) is 2.50. The maximum atomic E-state index is 9.10. The second-order valence-corrected chi connectivity index (χ2v) is 5.16. The van der Waals surface area contributed by atoms with Crippen LogP contribution in [0.15, 0.2) is 30.3 Å². The van der Waals surface area contributed by atoms with Crippen molar-refractivity contribution in [3.8, 4) is 6.07 Å². The molecule has 20 heavy (non-hydrogen) atoms. The number of nitriles is 1. The van der Waals surface area contributed by atoms with Crippen molar-refractivity contribution in [2.45, 2.75) is 26.9 Å². The van der Waals surface area contributed by atoms with E-state index >= 15 is 0 Å². The number of rotatable bonds is 5. The summed E-state index contributed by atoms with van der Waals surface area (Å²) < 4.78 is 2.03. The molecule has 0 spiro atoms. The van der Waals surface area contributed by atoms with Crippen molar-refractivity contribution < 1.29 is 0 Å². The third-order valence-electron chi connectivity index (χ3n) is 3.37. The lowest BCUT2D eigenvalue weighted by atomic mass is 10.1.